The Morgan fingerprint density at radius 2 is 1.92 bits per heavy atom. The van der Waals surface area contributed by atoms with E-state index in [-0.39, 0.29) is 0 Å². The molecule has 1 aliphatic heterocycles. The van der Waals surface area contributed by atoms with Crippen molar-refractivity contribution in [1.82, 2.24) is 0 Å². The summed E-state index contributed by atoms with van der Waals surface area (Å²) in [6.07, 6.45) is 9.16. The van der Waals surface area contributed by atoms with Gasteiger partial charge in [0.25, 0.3) is 0 Å². The first kappa shape index (κ1) is 9.85. The molecule has 2 heteroatoms. The Morgan fingerprint density at radius 3 is 2.31 bits per heavy atom. The predicted molar refractivity (Wildman–Crippen MR) is 65.0 cm³/mol. The molecular weight excluding hydrogens is 192 g/mol. The van der Waals surface area contributed by atoms with Gasteiger partial charge in [0.2, 0.25) is 0 Å². The molecule has 0 aromatic carbocycles. The minimum Gasteiger partial charge on any atom is -0.154 e. The van der Waals surface area contributed by atoms with E-state index in [1.807, 2.05) is 0 Å². The molecule has 1 atom stereocenters. The van der Waals surface area contributed by atoms with Crippen molar-refractivity contribution in [2.45, 2.75) is 43.3 Å². The first-order chi connectivity index (χ1) is 6.06. The van der Waals surface area contributed by atoms with E-state index in [2.05, 4.69) is 43.6 Å². The van der Waals surface area contributed by atoms with Crippen LogP contribution < -0.4 is 0 Å². The topological polar surface area (TPSA) is 0 Å². The first-order valence-corrected chi connectivity index (χ1v) is 9.84. The van der Waals surface area contributed by atoms with E-state index in [0.717, 1.165) is 5.92 Å². The highest BCUT2D eigenvalue weighted by Gasteiger charge is 2.53. The minimum absolute atomic E-state index is 0.696. The number of rotatable bonds is 2. The zero-order chi connectivity index (χ0) is 9.53. The molecule has 0 bridgehead atoms. The van der Waals surface area contributed by atoms with Crippen LogP contribution in [0.3, 0.4) is 0 Å². The zero-order valence-corrected chi connectivity index (χ0v) is 10.8. The monoisotopic (exact) mass is 212 g/mol. The Morgan fingerprint density at radius 1 is 1.23 bits per heavy atom. The lowest BCUT2D eigenvalue weighted by atomic mass is 10.2. The van der Waals surface area contributed by atoms with E-state index < -0.39 is 8.07 Å². The van der Waals surface area contributed by atoms with Gasteiger partial charge in [0, 0.05) is 10.1 Å². The van der Waals surface area contributed by atoms with Gasteiger partial charge in [0.1, 0.15) is 0 Å². The molecule has 0 spiro atoms. The summed E-state index contributed by atoms with van der Waals surface area (Å²) in [7, 11) is -0.996. The highest BCUT2D eigenvalue weighted by atomic mass is 32.2. The second-order valence-electron chi connectivity index (χ2n) is 5.40. The van der Waals surface area contributed by atoms with Crippen LogP contribution in [-0.4, -0.2) is 18.2 Å². The fourth-order valence-corrected chi connectivity index (χ4v) is 7.99. The molecule has 0 radical (unpaired) electrons. The van der Waals surface area contributed by atoms with Crippen molar-refractivity contribution in [3.63, 3.8) is 0 Å². The van der Waals surface area contributed by atoms with Crippen LogP contribution in [0.25, 0.3) is 0 Å². The summed E-state index contributed by atoms with van der Waals surface area (Å²) in [5.41, 5.74) is 0. The Labute approximate surface area is 87.2 Å². The van der Waals surface area contributed by atoms with Crippen molar-refractivity contribution < 1.29 is 0 Å². The summed E-state index contributed by atoms with van der Waals surface area (Å²) in [6.45, 7) is 7.66. The maximum absolute atomic E-state index is 2.55. The summed E-state index contributed by atoms with van der Waals surface area (Å²) < 4.78 is 0.696. The van der Waals surface area contributed by atoms with Crippen LogP contribution >= 0.6 is 11.8 Å². The van der Waals surface area contributed by atoms with Crippen LogP contribution in [0.4, 0.5) is 0 Å². The lowest BCUT2D eigenvalue weighted by Crippen LogP contribution is -2.52. The van der Waals surface area contributed by atoms with Gasteiger partial charge >= 0.3 is 0 Å². The average Bonchev–Trinajstić information content (AvgIpc) is 2.86. The SMILES string of the molecule is C[Si](C)(C)C1(C2CC2)CC=CCS1. The molecule has 1 aliphatic carbocycles. The Bertz CT molecular complexity index is 225. The van der Waals surface area contributed by atoms with Crippen LogP contribution in [0.15, 0.2) is 12.2 Å². The molecule has 0 aromatic heterocycles. The van der Waals surface area contributed by atoms with Crippen molar-refractivity contribution in [1.29, 1.82) is 0 Å². The third-order valence-electron chi connectivity index (χ3n) is 3.53. The van der Waals surface area contributed by atoms with Gasteiger partial charge in [0.05, 0.1) is 8.07 Å². The van der Waals surface area contributed by atoms with E-state index in [1.165, 1.54) is 25.0 Å². The van der Waals surface area contributed by atoms with Gasteiger partial charge in [-0.2, -0.15) is 11.8 Å². The molecule has 13 heavy (non-hydrogen) atoms. The number of hydrogen-bond donors (Lipinski definition) is 0. The Kier molecular flexibility index (Phi) is 2.39. The summed E-state index contributed by atoms with van der Waals surface area (Å²) in [5.74, 6) is 2.33. The van der Waals surface area contributed by atoms with E-state index >= 15 is 0 Å². The molecule has 1 saturated carbocycles. The lowest BCUT2D eigenvalue weighted by molar-refractivity contribution is 0.664. The largest absolute Gasteiger partial charge is 0.154 e. The van der Waals surface area contributed by atoms with Gasteiger partial charge in [-0.1, -0.05) is 31.8 Å². The molecule has 2 rings (SSSR count). The number of hydrogen-bond acceptors (Lipinski definition) is 1. The fourth-order valence-electron chi connectivity index (χ4n) is 2.55. The first-order valence-electron chi connectivity index (χ1n) is 5.35. The van der Waals surface area contributed by atoms with Crippen molar-refractivity contribution in [3.8, 4) is 0 Å². The van der Waals surface area contributed by atoms with E-state index in [1.54, 1.807) is 0 Å². The van der Waals surface area contributed by atoms with Crippen molar-refractivity contribution in [3.05, 3.63) is 12.2 Å². The fraction of sp³-hybridized carbons (Fsp3) is 0.818. The molecule has 1 fully saturated rings. The molecule has 2 aliphatic rings. The second kappa shape index (κ2) is 3.16. The minimum atomic E-state index is -0.996. The smallest absolute Gasteiger partial charge is 0.0633 e. The molecule has 0 aromatic rings. The van der Waals surface area contributed by atoms with Gasteiger partial charge in [-0.3, -0.25) is 0 Å². The third kappa shape index (κ3) is 1.63. The van der Waals surface area contributed by atoms with E-state index in [4.69, 9.17) is 0 Å². The van der Waals surface area contributed by atoms with Gasteiger partial charge in [-0.15, -0.1) is 0 Å². The van der Waals surface area contributed by atoms with Crippen LogP contribution in [0.5, 0.6) is 0 Å². The number of allylic oxidation sites excluding steroid dienone is 1. The molecular formula is C11H20SSi. The average molecular weight is 212 g/mol. The Hall–Kier alpha value is 0.307. The van der Waals surface area contributed by atoms with Gasteiger partial charge < -0.3 is 0 Å². The molecule has 0 nitrogen and oxygen atoms in total. The van der Waals surface area contributed by atoms with Crippen molar-refractivity contribution in [2.75, 3.05) is 5.75 Å². The standard InChI is InChI=1S/C11H20SSi/c1-13(2,3)11(10-6-7-10)8-4-5-9-12-11/h4-5,10H,6-9H2,1-3H3. The maximum atomic E-state index is 2.55. The van der Waals surface area contributed by atoms with Crippen LogP contribution in [0, 0.1) is 5.92 Å². The quantitative estimate of drug-likeness (QED) is 0.497. The maximum Gasteiger partial charge on any atom is 0.0633 e. The van der Waals surface area contributed by atoms with E-state index in [0.29, 0.717) is 4.37 Å². The summed E-state index contributed by atoms with van der Waals surface area (Å²) in [5, 5.41) is 0. The van der Waals surface area contributed by atoms with Crippen molar-refractivity contribution in [2.24, 2.45) is 5.92 Å². The lowest BCUT2D eigenvalue weighted by Gasteiger charge is -2.44. The van der Waals surface area contributed by atoms with Crippen LogP contribution in [-0.2, 0) is 0 Å². The highest BCUT2D eigenvalue weighted by molar-refractivity contribution is 8.02. The van der Waals surface area contributed by atoms with Crippen LogP contribution in [0.2, 0.25) is 19.6 Å². The van der Waals surface area contributed by atoms with Gasteiger partial charge in [0.15, 0.2) is 0 Å². The zero-order valence-electron chi connectivity index (χ0n) is 8.97. The normalized spacial score (nSPS) is 35.0. The number of thioether (sulfide) groups is 1. The molecule has 1 heterocycles. The second-order valence-corrected chi connectivity index (χ2v) is 12.5. The third-order valence-corrected chi connectivity index (χ3v) is 10.3. The molecule has 1 unspecified atom stereocenters. The van der Waals surface area contributed by atoms with Crippen molar-refractivity contribution >= 4 is 19.8 Å². The molecule has 0 N–H and O–H groups in total. The molecule has 0 saturated heterocycles. The van der Waals surface area contributed by atoms with Gasteiger partial charge in [-0.25, -0.2) is 0 Å². The van der Waals surface area contributed by atoms with Gasteiger partial charge in [-0.05, 0) is 25.2 Å². The van der Waals surface area contributed by atoms with E-state index in [9.17, 15) is 0 Å². The highest BCUT2D eigenvalue weighted by Crippen LogP contribution is 2.55. The predicted octanol–water partition coefficient (Wildman–Crippen LogP) is 3.71. The summed E-state index contributed by atoms with van der Waals surface area (Å²) in [4.78, 5) is 0. The summed E-state index contributed by atoms with van der Waals surface area (Å²) in [6, 6.07) is 0. The molecule has 74 valence electrons. The molecule has 0 amide bonds. The van der Waals surface area contributed by atoms with Crippen LogP contribution in [0.1, 0.15) is 19.3 Å². The Balaban J connectivity index is 2.24. The summed E-state index contributed by atoms with van der Waals surface area (Å²) >= 11 is 2.26.